The van der Waals surface area contributed by atoms with Gasteiger partial charge in [0.2, 0.25) is 0 Å². The van der Waals surface area contributed by atoms with Gasteiger partial charge in [0.15, 0.2) is 0 Å². The minimum absolute atomic E-state index is 0.00110. The maximum atomic E-state index is 14.4. The summed E-state index contributed by atoms with van der Waals surface area (Å²) in [7, 11) is 0. The van der Waals surface area contributed by atoms with Gasteiger partial charge in [-0.2, -0.15) is 0 Å². The third-order valence-electron chi connectivity index (χ3n) is 7.24. The fourth-order valence-corrected chi connectivity index (χ4v) is 8.07. The van der Waals surface area contributed by atoms with Crippen LogP contribution < -0.4 is 9.47 Å². The second-order valence-electron chi connectivity index (χ2n) is 10.6. The Morgan fingerprint density at radius 3 is 1.46 bits per heavy atom. The molecule has 0 spiro atoms. The van der Waals surface area contributed by atoms with Crippen LogP contribution in [0.2, 0.25) is 0 Å². The van der Waals surface area contributed by atoms with Crippen molar-refractivity contribution in [2.75, 3.05) is 13.2 Å². The summed E-state index contributed by atoms with van der Waals surface area (Å²) in [5.41, 5.74) is 3.82. The van der Waals surface area contributed by atoms with Crippen molar-refractivity contribution in [2.45, 2.75) is 26.7 Å². The van der Waals surface area contributed by atoms with Crippen LogP contribution in [-0.4, -0.2) is 48.5 Å². The zero-order valence-electron chi connectivity index (χ0n) is 26.3. The van der Waals surface area contributed by atoms with Crippen molar-refractivity contribution in [3.8, 4) is 53.8 Å². The van der Waals surface area contributed by atoms with Gasteiger partial charge in [0, 0.05) is 0 Å². The molecule has 246 valence electrons. The first-order chi connectivity index (χ1) is 23.3. The Morgan fingerprint density at radius 1 is 0.562 bits per heavy atom. The van der Waals surface area contributed by atoms with Crippen LogP contribution in [-0.2, 0) is 0 Å². The molecule has 0 radical (unpaired) electrons. The Hall–Kier alpha value is -4.13. The SMILES string of the molecule is CCCOc1ccc(-c2ccc(-c3ccc(C=O)[se]3)cc2)c(F)c1F.CCCOc1ccc(-c2ccc(-c3ccc[se]3)cc2)c(F)c1F. The van der Waals surface area contributed by atoms with Crippen LogP contribution in [0.1, 0.15) is 35.9 Å². The van der Waals surface area contributed by atoms with Crippen LogP contribution in [0.4, 0.5) is 17.6 Å². The van der Waals surface area contributed by atoms with Crippen LogP contribution >= 0.6 is 0 Å². The third-order valence-corrected chi connectivity index (χ3v) is 11.4. The van der Waals surface area contributed by atoms with E-state index in [2.05, 4.69) is 11.0 Å². The van der Waals surface area contributed by atoms with Gasteiger partial charge >= 0.3 is 277 Å². The van der Waals surface area contributed by atoms with E-state index in [1.807, 2.05) is 68.4 Å². The molecule has 3 nitrogen and oxygen atoms in total. The predicted octanol–water partition coefficient (Wildman–Crippen LogP) is 10.1. The molecule has 0 unspecified atom stereocenters. The average molecular weight is 783 g/mol. The van der Waals surface area contributed by atoms with Crippen LogP contribution in [0.5, 0.6) is 11.5 Å². The first-order valence-electron chi connectivity index (χ1n) is 15.4. The number of aldehydes is 1. The number of rotatable bonds is 11. The second kappa shape index (κ2) is 16.8. The molecule has 2 heterocycles. The van der Waals surface area contributed by atoms with Crippen LogP contribution in [0.3, 0.4) is 0 Å². The number of hydrogen-bond acceptors (Lipinski definition) is 3. The molecule has 48 heavy (non-hydrogen) atoms. The number of carbonyl (C=O) groups excluding carboxylic acids is 1. The van der Waals surface area contributed by atoms with Gasteiger partial charge in [0.25, 0.3) is 0 Å². The molecule has 0 N–H and O–H groups in total. The Bertz CT molecular complexity index is 1950. The number of ether oxygens (including phenoxy) is 2. The molecule has 0 saturated carbocycles. The quantitative estimate of drug-likeness (QED) is 0.0746. The van der Waals surface area contributed by atoms with Gasteiger partial charge in [0.05, 0.1) is 0 Å². The second-order valence-corrected chi connectivity index (χ2v) is 15.0. The van der Waals surface area contributed by atoms with Crippen molar-refractivity contribution in [3.05, 3.63) is 130 Å². The summed E-state index contributed by atoms with van der Waals surface area (Å²) in [5, 5.41) is 0. The van der Waals surface area contributed by atoms with Gasteiger partial charge in [-0.1, -0.05) is 13.8 Å². The Morgan fingerprint density at radius 2 is 1.04 bits per heavy atom. The molecule has 0 bridgehead atoms. The average Bonchev–Trinajstić information content (AvgIpc) is 3.84. The molecule has 0 saturated heterocycles. The fourth-order valence-electron chi connectivity index (χ4n) is 4.80. The molecule has 4 aromatic carbocycles. The van der Waals surface area contributed by atoms with Gasteiger partial charge in [-0.15, -0.1) is 0 Å². The van der Waals surface area contributed by atoms with E-state index in [0.29, 0.717) is 38.8 Å². The standard InChI is InChI=1S/C20H16F2O2Se.C19H16F2OSe/c1-2-11-24-17-9-8-16(19(21)20(17)22)13-3-5-14(6-4-13)18-10-7-15(12-23)25-18;1-2-11-22-16-10-9-15(18(20)19(16)21)13-5-7-14(8-6-13)17-4-3-12-23-17/h3-10,12H,2,11H2,1H3;3-10,12H,2,11H2,1H3. The van der Waals surface area contributed by atoms with Gasteiger partial charge in [0.1, 0.15) is 0 Å². The number of halogens is 4. The van der Waals surface area contributed by atoms with E-state index >= 15 is 0 Å². The topological polar surface area (TPSA) is 35.5 Å². The van der Waals surface area contributed by atoms with Crippen LogP contribution in [0, 0.1) is 23.3 Å². The third kappa shape index (κ3) is 8.29. The molecule has 0 aliphatic heterocycles. The summed E-state index contributed by atoms with van der Waals surface area (Å²) in [6.45, 7) is 4.53. The van der Waals surface area contributed by atoms with E-state index in [-0.39, 0.29) is 37.1 Å². The van der Waals surface area contributed by atoms with Gasteiger partial charge in [-0.25, -0.2) is 0 Å². The summed E-state index contributed by atoms with van der Waals surface area (Å²) in [4.78, 5) is 13.0. The molecule has 0 fully saturated rings. The van der Waals surface area contributed by atoms with E-state index in [1.165, 1.54) is 22.6 Å². The summed E-state index contributed by atoms with van der Waals surface area (Å²) in [6, 6.07) is 28.7. The van der Waals surface area contributed by atoms with E-state index in [0.717, 1.165) is 39.1 Å². The Balaban J connectivity index is 0.000000188. The normalized spacial score (nSPS) is 10.7. The molecule has 0 aliphatic carbocycles. The van der Waals surface area contributed by atoms with E-state index in [4.69, 9.17) is 9.47 Å². The zero-order chi connectivity index (χ0) is 34.0. The molecule has 0 amide bonds. The summed E-state index contributed by atoms with van der Waals surface area (Å²) < 4.78 is 70.5. The molecule has 0 aliphatic rings. The monoisotopic (exact) mass is 784 g/mol. The fraction of sp³-hybridized carbons (Fsp3) is 0.154. The number of benzene rings is 4. The molecule has 6 aromatic rings. The summed E-state index contributed by atoms with van der Waals surface area (Å²) >= 11 is 0.357. The van der Waals surface area contributed by atoms with E-state index in [9.17, 15) is 22.4 Å². The van der Waals surface area contributed by atoms with Crippen molar-refractivity contribution < 1.29 is 31.8 Å². The van der Waals surface area contributed by atoms with Crippen LogP contribution in [0.25, 0.3) is 42.3 Å². The van der Waals surface area contributed by atoms with Crippen molar-refractivity contribution in [2.24, 2.45) is 0 Å². The van der Waals surface area contributed by atoms with Crippen molar-refractivity contribution in [3.63, 3.8) is 0 Å². The van der Waals surface area contributed by atoms with Gasteiger partial charge in [-0.05, 0) is 0 Å². The minimum atomic E-state index is -0.961. The van der Waals surface area contributed by atoms with E-state index < -0.39 is 23.3 Å². The molecule has 2 aromatic heterocycles. The molecule has 0 atom stereocenters. The van der Waals surface area contributed by atoms with Crippen LogP contribution in [0.15, 0.2) is 102 Å². The van der Waals surface area contributed by atoms with Gasteiger partial charge in [-0.3, -0.25) is 0 Å². The summed E-state index contributed by atoms with van der Waals surface area (Å²) in [6.07, 6.45) is 2.34. The first kappa shape index (κ1) is 35.2. The molecular formula is C39H32F4O3Se2. The van der Waals surface area contributed by atoms with Crippen molar-refractivity contribution >= 4 is 35.3 Å². The Labute approximate surface area is 289 Å². The summed E-state index contributed by atoms with van der Waals surface area (Å²) in [5.74, 6) is -3.75. The molecule has 9 heteroatoms. The van der Waals surface area contributed by atoms with Crippen molar-refractivity contribution in [1.82, 2.24) is 0 Å². The number of hydrogen-bond donors (Lipinski definition) is 0. The Kier molecular flexibility index (Phi) is 12.3. The molecule has 6 rings (SSSR count). The van der Waals surface area contributed by atoms with Gasteiger partial charge < -0.3 is 0 Å². The number of carbonyl (C=O) groups is 1. The van der Waals surface area contributed by atoms with E-state index in [1.54, 1.807) is 18.2 Å². The molecular weight excluding hydrogens is 750 g/mol. The zero-order valence-corrected chi connectivity index (χ0v) is 29.7. The van der Waals surface area contributed by atoms with Crippen molar-refractivity contribution in [1.29, 1.82) is 0 Å². The predicted molar refractivity (Wildman–Crippen MR) is 185 cm³/mol. The first-order valence-corrected chi connectivity index (χ1v) is 18.9. The maximum absolute atomic E-state index is 14.4.